The lowest BCUT2D eigenvalue weighted by Gasteiger charge is -2.33. The maximum absolute atomic E-state index is 4.26. The maximum atomic E-state index is 4.26. The molecule has 1 aliphatic heterocycles. The van der Waals surface area contributed by atoms with Gasteiger partial charge in [0.1, 0.15) is 0 Å². The van der Waals surface area contributed by atoms with Crippen molar-refractivity contribution >= 4 is 5.69 Å². The SMILES string of the molecule is CCNCc1cnccc1N(C)CC1CCN(C)CC1. The highest BCUT2D eigenvalue weighted by Gasteiger charge is 2.19. The third-order valence-corrected chi connectivity index (χ3v) is 4.22. The van der Waals surface area contributed by atoms with Crippen molar-refractivity contribution in [1.82, 2.24) is 15.2 Å². The van der Waals surface area contributed by atoms with Crippen LogP contribution < -0.4 is 10.2 Å². The van der Waals surface area contributed by atoms with Crippen molar-refractivity contribution in [3.63, 3.8) is 0 Å². The van der Waals surface area contributed by atoms with Crippen molar-refractivity contribution in [2.45, 2.75) is 26.3 Å². The molecule has 0 aromatic carbocycles. The van der Waals surface area contributed by atoms with Gasteiger partial charge in [-0.3, -0.25) is 4.98 Å². The Morgan fingerprint density at radius 2 is 2.15 bits per heavy atom. The van der Waals surface area contributed by atoms with E-state index < -0.39 is 0 Å². The molecule has 0 radical (unpaired) electrons. The molecule has 1 saturated heterocycles. The molecule has 2 heterocycles. The molecular weight excluding hydrogens is 248 g/mol. The second kappa shape index (κ2) is 7.60. The lowest BCUT2D eigenvalue weighted by atomic mass is 9.96. The Morgan fingerprint density at radius 1 is 1.40 bits per heavy atom. The molecule has 0 saturated carbocycles. The van der Waals surface area contributed by atoms with Gasteiger partial charge in [0.05, 0.1) is 0 Å². The Morgan fingerprint density at radius 3 is 2.85 bits per heavy atom. The first-order valence-electron chi connectivity index (χ1n) is 7.74. The minimum absolute atomic E-state index is 0.816. The number of hydrogen-bond acceptors (Lipinski definition) is 4. The van der Waals surface area contributed by atoms with Crippen LogP contribution in [0.3, 0.4) is 0 Å². The average molecular weight is 276 g/mol. The lowest BCUT2D eigenvalue weighted by Crippen LogP contribution is -2.36. The molecule has 1 N–H and O–H groups in total. The summed E-state index contributed by atoms with van der Waals surface area (Å²) in [5.41, 5.74) is 2.62. The Labute approximate surface area is 123 Å². The van der Waals surface area contributed by atoms with Crippen LogP contribution in [0.15, 0.2) is 18.5 Å². The molecule has 1 aromatic heterocycles. The summed E-state index contributed by atoms with van der Waals surface area (Å²) in [7, 11) is 4.43. The first kappa shape index (κ1) is 15.3. The van der Waals surface area contributed by atoms with Crippen molar-refractivity contribution < 1.29 is 0 Å². The molecular formula is C16H28N4. The Hall–Kier alpha value is -1.13. The summed E-state index contributed by atoms with van der Waals surface area (Å²) in [6.07, 6.45) is 6.52. The smallest absolute Gasteiger partial charge is 0.0440 e. The minimum atomic E-state index is 0.816. The predicted octanol–water partition coefficient (Wildman–Crippen LogP) is 1.97. The number of nitrogens with zero attached hydrogens (tertiary/aromatic N) is 3. The molecule has 20 heavy (non-hydrogen) atoms. The summed E-state index contributed by atoms with van der Waals surface area (Å²) in [6.45, 7) is 7.65. The molecule has 0 amide bonds. The fourth-order valence-electron chi connectivity index (χ4n) is 2.92. The Balaban J connectivity index is 1.96. The van der Waals surface area contributed by atoms with Gasteiger partial charge >= 0.3 is 0 Å². The highest BCUT2D eigenvalue weighted by molar-refractivity contribution is 5.51. The zero-order valence-corrected chi connectivity index (χ0v) is 13.1. The van der Waals surface area contributed by atoms with Gasteiger partial charge < -0.3 is 15.1 Å². The van der Waals surface area contributed by atoms with E-state index in [1.807, 2.05) is 12.4 Å². The normalized spacial score (nSPS) is 17.4. The summed E-state index contributed by atoms with van der Waals surface area (Å²) < 4.78 is 0. The quantitative estimate of drug-likeness (QED) is 0.861. The van der Waals surface area contributed by atoms with Crippen molar-refractivity contribution in [2.24, 2.45) is 5.92 Å². The summed E-state index contributed by atoms with van der Waals surface area (Å²) in [4.78, 5) is 9.10. The van der Waals surface area contributed by atoms with Gasteiger partial charge in [-0.2, -0.15) is 0 Å². The highest BCUT2D eigenvalue weighted by Crippen LogP contribution is 2.23. The fourth-order valence-corrected chi connectivity index (χ4v) is 2.92. The molecule has 4 nitrogen and oxygen atoms in total. The van der Waals surface area contributed by atoms with Crippen molar-refractivity contribution in [3.8, 4) is 0 Å². The maximum Gasteiger partial charge on any atom is 0.0440 e. The number of rotatable bonds is 6. The molecule has 0 aliphatic carbocycles. The minimum Gasteiger partial charge on any atom is -0.374 e. The zero-order chi connectivity index (χ0) is 14.4. The summed E-state index contributed by atoms with van der Waals surface area (Å²) in [5, 5.41) is 3.40. The number of nitrogens with one attached hydrogen (secondary N) is 1. The number of anilines is 1. The monoisotopic (exact) mass is 276 g/mol. The number of hydrogen-bond donors (Lipinski definition) is 1. The van der Waals surface area contributed by atoms with E-state index in [4.69, 9.17) is 0 Å². The van der Waals surface area contributed by atoms with E-state index in [0.717, 1.165) is 25.6 Å². The standard InChI is InChI=1S/C16H28N4/c1-4-17-11-15-12-18-8-5-16(15)20(3)13-14-6-9-19(2)10-7-14/h5,8,12,14,17H,4,6-7,9-11,13H2,1-3H3. The van der Waals surface area contributed by atoms with Crippen LogP contribution in [0.5, 0.6) is 0 Å². The van der Waals surface area contributed by atoms with Gasteiger partial charge in [0, 0.05) is 43.8 Å². The Bertz CT molecular complexity index is 399. The largest absolute Gasteiger partial charge is 0.374 e. The molecule has 1 aliphatic rings. The fraction of sp³-hybridized carbons (Fsp3) is 0.688. The lowest BCUT2D eigenvalue weighted by molar-refractivity contribution is 0.222. The molecule has 4 heteroatoms. The Kier molecular flexibility index (Phi) is 5.80. The topological polar surface area (TPSA) is 31.4 Å². The van der Waals surface area contributed by atoms with Gasteiger partial charge in [0.25, 0.3) is 0 Å². The van der Waals surface area contributed by atoms with Gasteiger partial charge in [-0.1, -0.05) is 6.92 Å². The van der Waals surface area contributed by atoms with Crippen LogP contribution >= 0.6 is 0 Å². The molecule has 0 spiro atoms. The van der Waals surface area contributed by atoms with Gasteiger partial charge in [-0.15, -0.1) is 0 Å². The van der Waals surface area contributed by atoms with E-state index in [1.54, 1.807) is 0 Å². The van der Waals surface area contributed by atoms with Crippen LogP contribution in [0.2, 0.25) is 0 Å². The molecule has 0 atom stereocenters. The van der Waals surface area contributed by atoms with Gasteiger partial charge in [0.15, 0.2) is 0 Å². The summed E-state index contributed by atoms with van der Waals surface area (Å²) >= 11 is 0. The van der Waals surface area contributed by atoms with Crippen LogP contribution in [-0.4, -0.2) is 50.2 Å². The average Bonchev–Trinajstić information content (AvgIpc) is 2.47. The third kappa shape index (κ3) is 4.18. The van der Waals surface area contributed by atoms with Crippen molar-refractivity contribution in [3.05, 3.63) is 24.0 Å². The van der Waals surface area contributed by atoms with Crippen LogP contribution in [0, 0.1) is 5.92 Å². The van der Waals surface area contributed by atoms with E-state index in [9.17, 15) is 0 Å². The first-order chi connectivity index (χ1) is 9.70. The highest BCUT2D eigenvalue weighted by atomic mass is 15.1. The van der Waals surface area contributed by atoms with Gasteiger partial charge in [-0.05, 0) is 51.5 Å². The summed E-state index contributed by atoms with van der Waals surface area (Å²) in [5.74, 6) is 0.816. The van der Waals surface area contributed by atoms with Crippen molar-refractivity contribution in [1.29, 1.82) is 0 Å². The molecule has 0 unspecified atom stereocenters. The zero-order valence-electron chi connectivity index (χ0n) is 13.1. The van der Waals surface area contributed by atoms with Crippen LogP contribution in [0.1, 0.15) is 25.3 Å². The second-order valence-electron chi connectivity index (χ2n) is 5.91. The summed E-state index contributed by atoms with van der Waals surface area (Å²) in [6, 6.07) is 2.14. The van der Waals surface area contributed by atoms with E-state index in [2.05, 4.69) is 47.2 Å². The van der Waals surface area contributed by atoms with E-state index >= 15 is 0 Å². The van der Waals surface area contributed by atoms with Crippen LogP contribution in [0.25, 0.3) is 0 Å². The molecule has 2 rings (SSSR count). The third-order valence-electron chi connectivity index (χ3n) is 4.22. The molecule has 112 valence electrons. The number of aromatic nitrogens is 1. The van der Waals surface area contributed by atoms with E-state index in [1.165, 1.54) is 37.2 Å². The predicted molar refractivity (Wildman–Crippen MR) is 85.1 cm³/mol. The van der Waals surface area contributed by atoms with Crippen LogP contribution in [-0.2, 0) is 6.54 Å². The molecule has 1 aromatic rings. The first-order valence-corrected chi connectivity index (χ1v) is 7.74. The number of pyridine rings is 1. The molecule has 1 fully saturated rings. The van der Waals surface area contributed by atoms with E-state index in [0.29, 0.717) is 0 Å². The van der Waals surface area contributed by atoms with E-state index in [-0.39, 0.29) is 0 Å². The van der Waals surface area contributed by atoms with Gasteiger partial charge in [0.2, 0.25) is 0 Å². The second-order valence-corrected chi connectivity index (χ2v) is 5.91. The number of likely N-dealkylation sites (tertiary alicyclic amines) is 1. The number of piperidine rings is 1. The van der Waals surface area contributed by atoms with Gasteiger partial charge in [-0.25, -0.2) is 0 Å². The van der Waals surface area contributed by atoms with Crippen molar-refractivity contribution in [2.75, 3.05) is 45.2 Å². The molecule has 0 bridgehead atoms. The van der Waals surface area contributed by atoms with Crippen LogP contribution in [0.4, 0.5) is 5.69 Å².